The molecule has 0 radical (unpaired) electrons. The molecule has 4 heteroatoms. The van der Waals surface area contributed by atoms with Crippen molar-refractivity contribution in [2.45, 2.75) is 6.10 Å². The van der Waals surface area contributed by atoms with Crippen molar-refractivity contribution in [2.24, 2.45) is 0 Å². The van der Waals surface area contributed by atoms with Crippen LogP contribution in [-0.4, -0.2) is 12.8 Å². The maximum atomic E-state index is 12.5. The number of cyclic esters (lactones) is 2. The summed E-state index contributed by atoms with van der Waals surface area (Å²) in [5, 5.41) is 0. The second-order valence-electron chi connectivity index (χ2n) is 2.72. The van der Waals surface area contributed by atoms with Gasteiger partial charge in [0.2, 0.25) is 0 Å². The van der Waals surface area contributed by atoms with Crippen LogP contribution in [0.2, 0.25) is 0 Å². The Morgan fingerprint density at radius 1 is 1.31 bits per heavy atom. The van der Waals surface area contributed by atoms with Gasteiger partial charge in [0.05, 0.1) is 0 Å². The zero-order valence-corrected chi connectivity index (χ0v) is 6.70. The van der Waals surface area contributed by atoms with E-state index < -0.39 is 12.3 Å². The van der Waals surface area contributed by atoms with Crippen molar-refractivity contribution in [3.63, 3.8) is 0 Å². The molecule has 0 amide bonds. The highest BCUT2D eigenvalue weighted by Crippen LogP contribution is 2.23. The summed E-state index contributed by atoms with van der Waals surface area (Å²) in [6.45, 7) is 0.199. The summed E-state index contributed by atoms with van der Waals surface area (Å²) in [4.78, 5) is 10.6. The molecule has 1 unspecified atom stereocenters. The maximum Gasteiger partial charge on any atom is 0.509 e. The molecule has 13 heavy (non-hydrogen) atoms. The molecule has 1 aliphatic rings. The van der Waals surface area contributed by atoms with Gasteiger partial charge in [0, 0.05) is 0 Å². The fourth-order valence-corrected chi connectivity index (χ4v) is 1.17. The lowest BCUT2D eigenvalue weighted by atomic mass is 10.1. The predicted octanol–water partition coefficient (Wildman–Crippen LogP) is 2.03. The Morgan fingerprint density at radius 2 is 2.00 bits per heavy atom. The molecule has 0 bridgehead atoms. The molecule has 0 aliphatic carbocycles. The fraction of sp³-hybridized carbons (Fsp3) is 0.222. The van der Waals surface area contributed by atoms with Crippen molar-refractivity contribution in [1.29, 1.82) is 0 Å². The number of rotatable bonds is 1. The van der Waals surface area contributed by atoms with Crippen LogP contribution in [0.1, 0.15) is 11.7 Å². The highest BCUT2D eigenvalue weighted by molar-refractivity contribution is 5.62. The minimum Gasteiger partial charge on any atom is -0.430 e. The van der Waals surface area contributed by atoms with Gasteiger partial charge >= 0.3 is 6.16 Å². The van der Waals surface area contributed by atoms with Crippen molar-refractivity contribution < 1.29 is 18.7 Å². The van der Waals surface area contributed by atoms with Crippen LogP contribution in [0.25, 0.3) is 0 Å². The van der Waals surface area contributed by atoms with Crippen molar-refractivity contribution >= 4 is 6.16 Å². The van der Waals surface area contributed by atoms with E-state index in [1.54, 1.807) is 12.1 Å². The van der Waals surface area contributed by atoms with Gasteiger partial charge < -0.3 is 9.47 Å². The molecule has 0 N–H and O–H groups in total. The second kappa shape index (κ2) is 3.05. The number of carbonyl (C=O) groups is 1. The molecule has 1 fully saturated rings. The van der Waals surface area contributed by atoms with Crippen LogP contribution in [0.3, 0.4) is 0 Å². The van der Waals surface area contributed by atoms with Crippen LogP contribution in [0.15, 0.2) is 24.3 Å². The van der Waals surface area contributed by atoms with Gasteiger partial charge in [-0.3, -0.25) is 0 Å². The maximum absolute atomic E-state index is 12.5. The molecule has 1 aliphatic heterocycles. The Kier molecular flexibility index (Phi) is 1.88. The fourth-order valence-electron chi connectivity index (χ4n) is 1.17. The van der Waals surface area contributed by atoms with Gasteiger partial charge in [-0.1, -0.05) is 12.1 Å². The Morgan fingerprint density at radius 3 is 2.54 bits per heavy atom. The van der Waals surface area contributed by atoms with Gasteiger partial charge in [-0.2, -0.15) is 0 Å². The normalized spacial score (nSPS) is 21.0. The van der Waals surface area contributed by atoms with Gasteiger partial charge in [0.25, 0.3) is 0 Å². The third-order valence-corrected chi connectivity index (χ3v) is 1.83. The second-order valence-corrected chi connectivity index (χ2v) is 2.72. The van der Waals surface area contributed by atoms with E-state index in [1.807, 2.05) is 0 Å². The molecule has 3 nitrogen and oxygen atoms in total. The van der Waals surface area contributed by atoms with E-state index in [2.05, 4.69) is 4.74 Å². The third-order valence-electron chi connectivity index (χ3n) is 1.83. The first-order valence-electron chi connectivity index (χ1n) is 3.84. The van der Waals surface area contributed by atoms with E-state index >= 15 is 0 Å². The van der Waals surface area contributed by atoms with Crippen LogP contribution < -0.4 is 0 Å². The van der Waals surface area contributed by atoms with Gasteiger partial charge in [-0.25, -0.2) is 9.18 Å². The third kappa shape index (κ3) is 1.61. The average molecular weight is 182 g/mol. The van der Waals surface area contributed by atoms with Gasteiger partial charge in [-0.15, -0.1) is 0 Å². The summed E-state index contributed by atoms with van der Waals surface area (Å²) in [5.41, 5.74) is 0.743. The Bertz CT molecular complexity index is 320. The number of carbonyl (C=O) groups excluding carboxylic acids is 1. The van der Waals surface area contributed by atoms with E-state index in [-0.39, 0.29) is 12.4 Å². The molecular formula is C9H7FO3. The first-order valence-corrected chi connectivity index (χ1v) is 3.84. The van der Waals surface area contributed by atoms with Gasteiger partial charge in [0.15, 0.2) is 6.10 Å². The summed E-state index contributed by atoms with van der Waals surface area (Å²) in [6, 6.07) is 5.78. The topological polar surface area (TPSA) is 35.5 Å². The lowest BCUT2D eigenvalue weighted by molar-refractivity contribution is 0.118. The first-order chi connectivity index (χ1) is 6.25. The van der Waals surface area contributed by atoms with Crippen LogP contribution in [0, 0.1) is 5.82 Å². The van der Waals surface area contributed by atoms with Crippen LogP contribution in [0.4, 0.5) is 9.18 Å². The Labute approximate surface area is 74.1 Å². The van der Waals surface area contributed by atoms with Crippen molar-refractivity contribution in [3.8, 4) is 0 Å². The SMILES string of the molecule is O=C1OCC(c2ccc(F)cc2)O1. The number of hydrogen-bond acceptors (Lipinski definition) is 3. The molecule has 1 atom stereocenters. The predicted molar refractivity (Wildman–Crippen MR) is 41.6 cm³/mol. The monoisotopic (exact) mass is 182 g/mol. The molecule has 1 aromatic rings. The summed E-state index contributed by atoms with van der Waals surface area (Å²) in [5.74, 6) is -0.311. The lowest BCUT2D eigenvalue weighted by Crippen LogP contribution is -1.99. The van der Waals surface area contributed by atoms with E-state index in [0.717, 1.165) is 5.56 Å². The smallest absolute Gasteiger partial charge is 0.430 e. The number of ether oxygens (including phenoxy) is 2. The Hall–Kier alpha value is -1.58. The van der Waals surface area contributed by atoms with Crippen molar-refractivity contribution in [3.05, 3.63) is 35.6 Å². The van der Waals surface area contributed by atoms with Crippen molar-refractivity contribution in [1.82, 2.24) is 0 Å². The van der Waals surface area contributed by atoms with Gasteiger partial charge in [-0.05, 0) is 17.7 Å². The molecule has 0 spiro atoms. The standard InChI is InChI=1S/C9H7FO3/c10-7-3-1-6(2-4-7)8-5-12-9(11)13-8/h1-4,8H,5H2. The molecule has 1 aromatic carbocycles. The number of hydrogen-bond donors (Lipinski definition) is 0. The molecule has 2 rings (SSSR count). The minimum absolute atomic E-state index is 0.199. The highest BCUT2D eigenvalue weighted by atomic mass is 19.1. The van der Waals surface area contributed by atoms with Crippen LogP contribution in [-0.2, 0) is 9.47 Å². The summed E-state index contributed by atoms with van der Waals surface area (Å²) < 4.78 is 21.9. The number of halogens is 1. The highest BCUT2D eigenvalue weighted by Gasteiger charge is 2.26. The van der Waals surface area contributed by atoms with Gasteiger partial charge in [0.1, 0.15) is 12.4 Å². The van der Waals surface area contributed by atoms with Crippen LogP contribution in [0.5, 0.6) is 0 Å². The molecule has 0 aromatic heterocycles. The van der Waals surface area contributed by atoms with Crippen LogP contribution >= 0.6 is 0 Å². The molecular weight excluding hydrogens is 175 g/mol. The molecule has 0 saturated carbocycles. The minimum atomic E-state index is -0.672. The summed E-state index contributed by atoms with van der Waals surface area (Å²) in [7, 11) is 0. The quantitative estimate of drug-likeness (QED) is 0.623. The Balaban J connectivity index is 2.17. The summed E-state index contributed by atoms with van der Waals surface area (Å²) >= 11 is 0. The zero-order valence-electron chi connectivity index (χ0n) is 6.70. The first kappa shape index (κ1) is 8.04. The molecule has 1 heterocycles. The summed E-state index contributed by atoms with van der Waals surface area (Å²) in [6.07, 6.45) is -1.07. The van der Waals surface area contributed by atoms with E-state index in [9.17, 15) is 9.18 Å². The average Bonchev–Trinajstić information content (AvgIpc) is 2.53. The van der Waals surface area contributed by atoms with Crippen molar-refractivity contribution in [2.75, 3.05) is 6.61 Å². The van der Waals surface area contributed by atoms with E-state index in [4.69, 9.17) is 4.74 Å². The molecule has 1 saturated heterocycles. The molecule has 68 valence electrons. The van der Waals surface area contributed by atoms with E-state index in [1.165, 1.54) is 12.1 Å². The van der Waals surface area contributed by atoms with E-state index in [0.29, 0.717) is 0 Å². The lowest BCUT2D eigenvalue weighted by Gasteiger charge is -2.05. The zero-order chi connectivity index (χ0) is 9.26. The number of benzene rings is 1. The largest absolute Gasteiger partial charge is 0.509 e.